The van der Waals surface area contributed by atoms with Crippen molar-refractivity contribution < 1.29 is 35.9 Å². The third-order valence-corrected chi connectivity index (χ3v) is 9.15. The molecule has 1 aromatic rings. The number of morpholine rings is 1. The van der Waals surface area contributed by atoms with E-state index < -0.39 is 44.4 Å². The monoisotopic (exact) mass is 488 g/mol. The predicted octanol–water partition coefficient (Wildman–Crippen LogP) is 0.287. The molecule has 2 fully saturated rings. The summed E-state index contributed by atoms with van der Waals surface area (Å²) in [6, 6.07) is 5.02. The van der Waals surface area contributed by atoms with Crippen LogP contribution in [0, 0.1) is 0 Å². The molecule has 1 aromatic carbocycles. The number of hydrogen-bond donors (Lipinski definition) is 0. The van der Waals surface area contributed by atoms with Gasteiger partial charge in [-0.15, -0.1) is 0 Å². The second-order valence-corrected chi connectivity index (χ2v) is 12.4. The minimum Gasteiger partial charge on any atom is -0.452 e. The number of hydrogen-bond acceptors (Lipinski definition) is 8. The number of likely N-dealkylation sites (N-methyl/N-ethyl adjacent to an activating group) is 1. The fraction of sp³-hybridized carbons (Fsp3) is 0.600. The van der Waals surface area contributed by atoms with E-state index in [4.69, 9.17) is 9.47 Å². The maximum absolute atomic E-state index is 13.0. The average molecular weight is 489 g/mol. The molecule has 3 atom stereocenters. The molecule has 0 aromatic heterocycles. The van der Waals surface area contributed by atoms with Crippen LogP contribution in [0.4, 0.5) is 0 Å². The predicted molar refractivity (Wildman–Crippen MR) is 115 cm³/mol. The number of nitrogens with zero attached hydrogens (tertiary/aromatic N) is 2. The third-order valence-electron chi connectivity index (χ3n) is 5.57. The van der Waals surface area contributed by atoms with Gasteiger partial charge in [-0.25, -0.2) is 21.6 Å². The van der Waals surface area contributed by atoms with Gasteiger partial charge in [0.05, 0.1) is 34.2 Å². The molecule has 2 saturated heterocycles. The summed E-state index contributed by atoms with van der Waals surface area (Å²) < 4.78 is 61.2. The van der Waals surface area contributed by atoms with Crippen LogP contribution in [0.5, 0.6) is 0 Å². The van der Waals surface area contributed by atoms with Crippen molar-refractivity contribution in [1.29, 1.82) is 0 Å². The van der Waals surface area contributed by atoms with Gasteiger partial charge in [0.2, 0.25) is 10.0 Å². The molecular formula is C20H28N2O8S2. The third kappa shape index (κ3) is 5.66. The maximum atomic E-state index is 13.0. The lowest BCUT2D eigenvalue weighted by molar-refractivity contribution is -0.134. The first-order valence-corrected chi connectivity index (χ1v) is 13.5. The molecule has 2 heterocycles. The topological polar surface area (TPSA) is 127 Å². The van der Waals surface area contributed by atoms with Crippen molar-refractivity contribution in [2.75, 3.05) is 38.2 Å². The van der Waals surface area contributed by atoms with Crippen LogP contribution in [0.1, 0.15) is 30.6 Å². The van der Waals surface area contributed by atoms with Crippen molar-refractivity contribution in [3.8, 4) is 0 Å². The molecule has 2 aliphatic rings. The van der Waals surface area contributed by atoms with E-state index in [9.17, 15) is 26.4 Å². The molecule has 0 saturated carbocycles. The van der Waals surface area contributed by atoms with Crippen LogP contribution < -0.4 is 0 Å². The summed E-state index contributed by atoms with van der Waals surface area (Å²) in [4.78, 5) is 26.0. The van der Waals surface area contributed by atoms with Crippen molar-refractivity contribution >= 4 is 31.7 Å². The number of esters is 1. The Labute approximate surface area is 188 Å². The van der Waals surface area contributed by atoms with Crippen LogP contribution in [0.2, 0.25) is 0 Å². The Balaban J connectivity index is 1.64. The van der Waals surface area contributed by atoms with E-state index in [2.05, 4.69) is 0 Å². The van der Waals surface area contributed by atoms with Gasteiger partial charge in [-0.2, -0.15) is 4.31 Å². The molecule has 10 nitrogen and oxygen atoms in total. The zero-order valence-electron chi connectivity index (χ0n) is 18.3. The highest BCUT2D eigenvalue weighted by molar-refractivity contribution is 7.91. The average Bonchev–Trinajstić information content (AvgIpc) is 3.10. The summed E-state index contributed by atoms with van der Waals surface area (Å²) >= 11 is 0. The lowest BCUT2D eigenvalue weighted by atomic mass is 10.2. The molecule has 178 valence electrons. The van der Waals surface area contributed by atoms with Gasteiger partial charge in [0.25, 0.3) is 5.91 Å². The first-order chi connectivity index (χ1) is 14.9. The Hall–Kier alpha value is -2.02. The summed E-state index contributed by atoms with van der Waals surface area (Å²) in [7, 11) is -5.52. The molecule has 0 radical (unpaired) electrons. The SMILES string of the molecule is C[C@@H]1CN(S(=O)(=O)c2cccc(C(=O)OCC(=O)N(C)[C@@H]3CCS(=O)(=O)C3)c2)C[C@@H](C)O1. The number of sulfonamides is 1. The summed E-state index contributed by atoms with van der Waals surface area (Å²) in [5.41, 5.74) is -0.000622. The molecule has 0 spiro atoms. The van der Waals surface area contributed by atoms with E-state index >= 15 is 0 Å². The molecule has 32 heavy (non-hydrogen) atoms. The second-order valence-electron chi connectivity index (χ2n) is 8.24. The van der Waals surface area contributed by atoms with Gasteiger partial charge < -0.3 is 14.4 Å². The first-order valence-electron chi connectivity index (χ1n) is 10.3. The highest BCUT2D eigenvalue weighted by Crippen LogP contribution is 2.22. The van der Waals surface area contributed by atoms with Crippen LogP contribution >= 0.6 is 0 Å². The van der Waals surface area contributed by atoms with Gasteiger partial charge in [-0.05, 0) is 38.5 Å². The highest BCUT2D eigenvalue weighted by atomic mass is 32.2. The standard InChI is InChI=1S/C20H28N2O8S2/c1-14-10-22(11-15(2)30-14)32(27,28)18-6-4-5-16(9-18)20(24)29-12-19(23)21(3)17-7-8-31(25,26)13-17/h4-6,9,14-15,17H,7-8,10-13H2,1-3H3/t14-,15-,17-/m1/s1. The van der Waals surface area contributed by atoms with Crippen molar-refractivity contribution in [3.05, 3.63) is 29.8 Å². The Kier molecular flexibility index (Phi) is 7.28. The highest BCUT2D eigenvalue weighted by Gasteiger charge is 2.34. The number of carbonyl (C=O) groups is 2. The molecular weight excluding hydrogens is 460 g/mol. The van der Waals surface area contributed by atoms with Crippen LogP contribution in [0.15, 0.2) is 29.2 Å². The van der Waals surface area contributed by atoms with E-state index in [1.807, 2.05) is 0 Å². The van der Waals surface area contributed by atoms with Crippen molar-refractivity contribution in [2.45, 2.75) is 43.4 Å². The molecule has 12 heteroatoms. The molecule has 0 aliphatic carbocycles. The lowest BCUT2D eigenvalue weighted by Gasteiger charge is -2.34. The maximum Gasteiger partial charge on any atom is 0.338 e. The minimum atomic E-state index is -3.84. The molecule has 3 rings (SSSR count). The van der Waals surface area contributed by atoms with Gasteiger partial charge in [0, 0.05) is 26.2 Å². The number of benzene rings is 1. The molecule has 2 aliphatic heterocycles. The Morgan fingerprint density at radius 3 is 2.47 bits per heavy atom. The molecule has 1 amide bonds. The van der Waals surface area contributed by atoms with Crippen molar-refractivity contribution in [1.82, 2.24) is 9.21 Å². The zero-order valence-corrected chi connectivity index (χ0v) is 19.9. The Morgan fingerprint density at radius 2 is 1.88 bits per heavy atom. The van der Waals surface area contributed by atoms with Crippen LogP contribution in [0.3, 0.4) is 0 Å². The number of rotatable bonds is 6. The molecule has 0 unspecified atom stereocenters. The van der Waals surface area contributed by atoms with E-state index in [1.54, 1.807) is 13.8 Å². The van der Waals surface area contributed by atoms with E-state index in [1.165, 1.54) is 40.5 Å². The summed E-state index contributed by atoms with van der Waals surface area (Å²) in [5, 5.41) is 0. The van der Waals surface area contributed by atoms with Gasteiger partial charge in [-0.1, -0.05) is 6.07 Å². The van der Waals surface area contributed by atoms with E-state index in [0.717, 1.165) is 0 Å². The smallest absolute Gasteiger partial charge is 0.338 e. The Morgan fingerprint density at radius 1 is 1.22 bits per heavy atom. The molecule has 0 N–H and O–H groups in total. The zero-order chi connectivity index (χ0) is 23.7. The normalized spacial score (nSPS) is 25.9. The van der Waals surface area contributed by atoms with Crippen molar-refractivity contribution in [2.24, 2.45) is 0 Å². The van der Waals surface area contributed by atoms with E-state index in [-0.39, 0.29) is 47.3 Å². The van der Waals surface area contributed by atoms with Gasteiger partial charge in [-0.3, -0.25) is 4.79 Å². The number of carbonyl (C=O) groups excluding carboxylic acids is 2. The van der Waals surface area contributed by atoms with Crippen LogP contribution in [-0.2, 0) is 34.1 Å². The van der Waals surface area contributed by atoms with E-state index in [0.29, 0.717) is 6.42 Å². The number of amides is 1. The minimum absolute atomic E-state index is 0.000622. The van der Waals surface area contributed by atoms with Crippen LogP contribution in [0.25, 0.3) is 0 Å². The second kappa shape index (κ2) is 9.46. The first kappa shape index (κ1) is 24.6. The summed E-state index contributed by atoms with van der Waals surface area (Å²) in [6.07, 6.45) is -0.156. The van der Waals surface area contributed by atoms with Gasteiger partial charge >= 0.3 is 5.97 Å². The lowest BCUT2D eigenvalue weighted by Crippen LogP contribution is -2.48. The van der Waals surface area contributed by atoms with Crippen molar-refractivity contribution in [3.63, 3.8) is 0 Å². The number of ether oxygens (including phenoxy) is 2. The van der Waals surface area contributed by atoms with Crippen LogP contribution in [-0.4, -0.2) is 94.4 Å². The molecule has 0 bridgehead atoms. The largest absolute Gasteiger partial charge is 0.452 e. The Bertz CT molecular complexity index is 1080. The van der Waals surface area contributed by atoms with Gasteiger partial charge in [0.15, 0.2) is 16.4 Å². The summed E-state index contributed by atoms with van der Waals surface area (Å²) in [5.74, 6) is -1.45. The fourth-order valence-electron chi connectivity index (χ4n) is 3.86. The van der Waals surface area contributed by atoms with Gasteiger partial charge in [0.1, 0.15) is 0 Å². The summed E-state index contributed by atoms with van der Waals surface area (Å²) in [6.45, 7) is 3.43. The quantitative estimate of drug-likeness (QED) is 0.523. The fourth-order valence-corrected chi connectivity index (χ4v) is 7.27. The number of sulfone groups is 1.